The molecule has 348 valence electrons. The van der Waals surface area contributed by atoms with Gasteiger partial charge in [0.15, 0.2) is 0 Å². The highest BCUT2D eigenvalue weighted by molar-refractivity contribution is 6.04. The number of nitrogens with zero attached hydrogens (tertiary/aromatic N) is 2. The van der Waals surface area contributed by atoms with Crippen molar-refractivity contribution in [3.63, 3.8) is 0 Å². The molecule has 0 fully saturated rings. The van der Waals surface area contributed by atoms with Crippen LogP contribution < -0.4 is 9.80 Å². The van der Waals surface area contributed by atoms with Gasteiger partial charge in [-0.05, 0) is 209 Å². The Kier molecular flexibility index (Phi) is 10.9. The molecule has 2 aliphatic rings. The zero-order valence-electron chi connectivity index (χ0n) is 42.3. The van der Waals surface area contributed by atoms with Crippen LogP contribution in [-0.2, 0) is 5.41 Å². The predicted molar refractivity (Wildman–Crippen MR) is 303 cm³/mol. The first-order valence-corrected chi connectivity index (χ1v) is 25.8. The van der Waals surface area contributed by atoms with E-state index in [1.807, 2.05) is 0 Å². The Balaban J connectivity index is 1.06. The number of rotatable bonds is 10. The van der Waals surface area contributed by atoms with Crippen LogP contribution in [0.5, 0.6) is 0 Å². The summed E-state index contributed by atoms with van der Waals surface area (Å²) in [5.41, 5.74) is 22.4. The van der Waals surface area contributed by atoms with E-state index >= 15 is 0 Å². The summed E-state index contributed by atoms with van der Waals surface area (Å²) in [7, 11) is 0. The summed E-state index contributed by atoms with van der Waals surface area (Å²) in [6.45, 7) is 18.1. The van der Waals surface area contributed by atoms with Gasteiger partial charge >= 0.3 is 0 Å². The summed E-state index contributed by atoms with van der Waals surface area (Å²) < 4.78 is 0. The van der Waals surface area contributed by atoms with Crippen molar-refractivity contribution < 1.29 is 0 Å². The van der Waals surface area contributed by atoms with Crippen LogP contribution in [0.15, 0.2) is 206 Å². The standard InChI is InChI=1S/C69H62N2/c1-43(2)47-17-27-55(28-18-47)70(56-29-19-48(20-30-56)44(3)4)59-35-25-51-39-63-64-40-52-26-36-60(71(57-31-21-49(22-32-57)45(5)6)58-33-23-50(24-34-58)46(7)8)38-54(52)42-68(64)69(67(63)41-53(51)37-59)65-15-11-9-13-61(65)62-14-10-12-16-66(62)69/h9-46H,1-8H3. The van der Waals surface area contributed by atoms with Crippen LogP contribution in [0.2, 0.25) is 0 Å². The lowest BCUT2D eigenvalue weighted by Gasteiger charge is -2.31. The Labute approximate surface area is 420 Å². The zero-order valence-corrected chi connectivity index (χ0v) is 42.3. The predicted octanol–water partition coefficient (Wildman–Crippen LogP) is 19.8. The molecular formula is C69H62N2. The van der Waals surface area contributed by atoms with Crippen LogP contribution in [0.1, 0.15) is 124 Å². The van der Waals surface area contributed by atoms with Gasteiger partial charge in [0, 0.05) is 34.1 Å². The van der Waals surface area contributed by atoms with Crippen molar-refractivity contribution in [3.05, 3.63) is 251 Å². The molecule has 10 aromatic rings. The van der Waals surface area contributed by atoms with Crippen molar-refractivity contribution in [1.82, 2.24) is 0 Å². The van der Waals surface area contributed by atoms with Gasteiger partial charge in [0.25, 0.3) is 0 Å². The van der Waals surface area contributed by atoms with Gasteiger partial charge in [-0.3, -0.25) is 0 Å². The fraction of sp³-hybridized carbons (Fsp3) is 0.188. The number of anilines is 6. The van der Waals surface area contributed by atoms with Crippen molar-refractivity contribution in [2.75, 3.05) is 9.80 Å². The van der Waals surface area contributed by atoms with Gasteiger partial charge in [0.05, 0.1) is 5.41 Å². The van der Waals surface area contributed by atoms with E-state index < -0.39 is 5.41 Å². The summed E-state index contributed by atoms with van der Waals surface area (Å²) in [6, 6.07) is 79.1. The third-order valence-corrected chi connectivity index (χ3v) is 15.8. The largest absolute Gasteiger partial charge is 0.310 e. The van der Waals surface area contributed by atoms with Gasteiger partial charge in [-0.25, -0.2) is 0 Å². The quantitative estimate of drug-likeness (QED) is 0.135. The minimum absolute atomic E-state index is 0.460. The molecule has 0 unspecified atom stereocenters. The van der Waals surface area contributed by atoms with Crippen LogP contribution >= 0.6 is 0 Å². The molecule has 0 bridgehead atoms. The molecule has 0 aromatic heterocycles. The van der Waals surface area contributed by atoms with Crippen molar-refractivity contribution >= 4 is 55.7 Å². The van der Waals surface area contributed by atoms with Crippen molar-refractivity contribution in [3.8, 4) is 22.3 Å². The number of benzene rings is 10. The summed E-state index contributed by atoms with van der Waals surface area (Å²) in [5.74, 6) is 1.84. The SMILES string of the molecule is CC(C)c1ccc(N(c2ccc(C(C)C)cc2)c2ccc3cc4c(cc3c2)C2(c3ccccc3-c3ccccc32)c2cc3cc(N(c5ccc(C(C)C)cc5)c5ccc(C(C)C)cc5)ccc3cc2-4)cc1. The third-order valence-electron chi connectivity index (χ3n) is 15.8. The lowest BCUT2D eigenvalue weighted by molar-refractivity contribution is 0.796. The van der Waals surface area contributed by atoms with Gasteiger partial charge in [-0.2, -0.15) is 0 Å². The first kappa shape index (κ1) is 44.5. The first-order valence-electron chi connectivity index (χ1n) is 25.8. The highest BCUT2D eigenvalue weighted by Crippen LogP contribution is 2.64. The lowest BCUT2D eigenvalue weighted by atomic mass is 9.70. The fourth-order valence-electron chi connectivity index (χ4n) is 11.8. The zero-order chi connectivity index (χ0) is 48.7. The van der Waals surface area contributed by atoms with Crippen LogP contribution in [-0.4, -0.2) is 0 Å². The summed E-state index contributed by atoms with van der Waals surface area (Å²) in [4.78, 5) is 4.85. The molecule has 10 aromatic carbocycles. The number of hydrogen-bond acceptors (Lipinski definition) is 2. The second-order valence-electron chi connectivity index (χ2n) is 21.4. The second-order valence-corrected chi connectivity index (χ2v) is 21.4. The average molecular weight is 919 g/mol. The molecule has 2 heteroatoms. The minimum Gasteiger partial charge on any atom is -0.310 e. The van der Waals surface area contributed by atoms with Gasteiger partial charge in [-0.15, -0.1) is 0 Å². The first-order chi connectivity index (χ1) is 34.5. The molecule has 2 nitrogen and oxygen atoms in total. The summed E-state index contributed by atoms with van der Waals surface area (Å²) in [5, 5.41) is 4.93. The maximum absolute atomic E-state index is 2.54. The second kappa shape index (κ2) is 17.3. The van der Waals surface area contributed by atoms with E-state index in [1.54, 1.807) is 0 Å². The lowest BCUT2D eigenvalue weighted by Crippen LogP contribution is -2.25. The maximum Gasteiger partial charge on any atom is 0.0725 e. The van der Waals surface area contributed by atoms with E-state index in [0.29, 0.717) is 23.7 Å². The number of fused-ring (bicyclic) bond motifs is 12. The third kappa shape index (κ3) is 7.29. The molecule has 0 aliphatic heterocycles. The van der Waals surface area contributed by atoms with E-state index in [0.717, 1.165) is 34.1 Å². The highest BCUT2D eigenvalue weighted by atomic mass is 15.1. The van der Waals surface area contributed by atoms with Gasteiger partial charge < -0.3 is 9.80 Å². The normalized spacial score (nSPS) is 13.1. The number of hydrogen-bond donors (Lipinski definition) is 0. The monoisotopic (exact) mass is 918 g/mol. The molecule has 71 heavy (non-hydrogen) atoms. The van der Waals surface area contributed by atoms with E-state index in [9.17, 15) is 0 Å². The van der Waals surface area contributed by atoms with E-state index in [4.69, 9.17) is 0 Å². The van der Waals surface area contributed by atoms with E-state index in [2.05, 4.69) is 271 Å². The van der Waals surface area contributed by atoms with E-state index in [-0.39, 0.29) is 0 Å². The molecule has 0 radical (unpaired) electrons. The Morgan fingerprint density at radius 2 is 0.549 bits per heavy atom. The molecule has 0 saturated heterocycles. The Hall–Kier alpha value is -7.68. The van der Waals surface area contributed by atoms with E-state index in [1.165, 1.54) is 88.3 Å². The average Bonchev–Trinajstić information content (AvgIpc) is 3.84. The smallest absolute Gasteiger partial charge is 0.0725 e. The minimum atomic E-state index is -0.510. The molecule has 0 N–H and O–H groups in total. The van der Waals surface area contributed by atoms with Gasteiger partial charge in [0.2, 0.25) is 0 Å². The molecule has 2 aliphatic carbocycles. The fourth-order valence-corrected chi connectivity index (χ4v) is 11.8. The molecule has 0 saturated carbocycles. The molecule has 12 rings (SSSR count). The van der Waals surface area contributed by atoms with Gasteiger partial charge in [0.1, 0.15) is 0 Å². The molecule has 0 amide bonds. The molecule has 1 spiro atoms. The van der Waals surface area contributed by atoms with Crippen LogP contribution in [0.4, 0.5) is 34.1 Å². The molecule has 0 atom stereocenters. The Morgan fingerprint density at radius 1 is 0.254 bits per heavy atom. The summed E-state index contributed by atoms with van der Waals surface area (Å²) in [6.07, 6.45) is 0. The Morgan fingerprint density at radius 3 is 0.859 bits per heavy atom. The topological polar surface area (TPSA) is 6.48 Å². The Bertz CT molecular complexity index is 3280. The van der Waals surface area contributed by atoms with Crippen LogP contribution in [0.3, 0.4) is 0 Å². The highest BCUT2D eigenvalue weighted by Gasteiger charge is 2.52. The molecule has 0 heterocycles. The van der Waals surface area contributed by atoms with Crippen molar-refractivity contribution in [2.24, 2.45) is 0 Å². The van der Waals surface area contributed by atoms with Crippen molar-refractivity contribution in [2.45, 2.75) is 84.5 Å². The molecular weight excluding hydrogens is 857 g/mol. The van der Waals surface area contributed by atoms with Crippen LogP contribution in [0.25, 0.3) is 43.8 Å². The van der Waals surface area contributed by atoms with Gasteiger partial charge in [-0.1, -0.05) is 165 Å². The van der Waals surface area contributed by atoms with Crippen molar-refractivity contribution in [1.29, 1.82) is 0 Å². The summed E-state index contributed by atoms with van der Waals surface area (Å²) >= 11 is 0. The maximum atomic E-state index is 2.54. The van der Waals surface area contributed by atoms with Crippen LogP contribution in [0, 0.1) is 0 Å².